The third kappa shape index (κ3) is 4.59. The molecule has 2 heteroatoms. The van der Waals surface area contributed by atoms with Gasteiger partial charge in [-0.25, -0.2) is 0 Å². The van der Waals surface area contributed by atoms with Crippen LogP contribution in [0.5, 0.6) is 0 Å². The summed E-state index contributed by atoms with van der Waals surface area (Å²) in [6.45, 7) is 9.02. The van der Waals surface area contributed by atoms with Crippen LogP contribution in [0, 0.1) is 5.92 Å². The fraction of sp³-hybridized carbons (Fsp3) is 0.625. The number of hydrogen-bond acceptors (Lipinski definition) is 2. The molecule has 0 radical (unpaired) electrons. The van der Waals surface area contributed by atoms with Gasteiger partial charge in [0.2, 0.25) is 0 Å². The largest absolute Gasteiger partial charge is 0.399 e. The van der Waals surface area contributed by atoms with Crippen LogP contribution < -0.4 is 10.6 Å². The minimum atomic E-state index is 0.808. The fourth-order valence-corrected chi connectivity index (χ4v) is 2.33. The summed E-state index contributed by atoms with van der Waals surface area (Å²) in [5, 5.41) is 0. The van der Waals surface area contributed by atoms with Gasteiger partial charge in [-0.3, -0.25) is 0 Å². The maximum atomic E-state index is 5.74. The van der Waals surface area contributed by atoms with Crippen LogP contribution >= 0.6 is 0 Å². The van der Waals surface area contributed by atoms with Crippen molar-refractivity contribution >= 4 is 11.4 Å². The molecule has 1 aromatic carbocycles. The molecular formula is C16H28N2. The number of nitrogens with two attached hydrogens (primary N) is 1. The molecule has 0 aliphatic heterocycles. The van der Waals surface area contributed by atoms with Gasteiger partial charge in [0.25, 0.3) is 0 Å². The summed E-state index contributed by atoms with van der Waals surface area (Å²) in [5.74, 6) is 0.808. The van der Waals surface area contributed by atoms with E-state index in [2.05, 4.69) is 37.8 Å². The third-order valence-electron chi connectivity index (χ3n) is 3.66. The minimum absolute atomic E-state index is 0.808. The first kappa shape index (κ1) is 14.9. The van der Waals surface area contributed by atoms with Gasteiger partial charge in [0.15, 0.2) is 0 Å². The average molecular weight is 248 g/mol. The van der Waals surface area contributed by atoms with Gasteiger partial charge in [-0.05, 0) is 43.5 Å². The Morgan fingerprint density at radius 1 is 1.11 bits per heavy atom. The molecule has 0 fully saturated rings. The standard InChI is InChI=1S/C16H28N2/c1-4-7-8-14(5-2)13-18(6-3)16-11-9-15(17)10-12-16/h9-12,14H,4-8,13,17H2,1-3H3. The average Bonchev–Trinajstić information content (AvgIpc) is 2.40. The summed E-state index contributed by atoms with van der Waals surface area (Å²) in [6, 6.07) is 8.24. The monoisotopic (exact) mass is 248 g/mol. The van der Waals surface area contributed by atoms with Crippen molar-refractivity contribution in [1.29, 1.82) is 0 Å². The number of nitrogens with zero attached hydrogens (tertiary/aromatic N) is 1. The van der Waals surface area contributed by atoms with Gasteiger partial charge in [0.05, 0.1) is 0 Å². The Morgan fingerprint density at radius 3 is 2.28 bits per heavy atom. The highest BCUT2D eigenvalue weighted by Gasteiger charge is 2.11. The van der Waals surface area contributed by atoms with Crippen molar-refractivity contribution in [3.63, 3.8) is 0 Å². The Balaban J connectivity index is 2.62. The Kier molecular flexibility index (Phi) is 6.63. The summed E-state index contributed by atoms with van der Waals surface area (Å²) in [4.78, 5) is 2.46. The first-order valence-electron chi connectivity index (χ1n) is 7.31. The van der Waals surface area contributed by atoms with E-state index >= 15 is 0 Å². The van der Waals surface area contributed by atoms with Crippen LogP contribution in [0.2, 0.25) is 0 Å². The Hall–Kier alpha value is -1.18. The SMILES string of the molecule is CCCCC(CC)CN(CC)c1ccc(N)cc1. The molecule has 2 nitrogen and oxygen atoms in total. The van der Waals surface area contributed by atoms with E-state index in [1.807, 2.05) is 12.1 Å². The second-order valence-electron chi connectivity index (χ2n) is 5.05. The molecule has 1 atom stereocenters. The second kappa shape index (κ2) is 8.02. The molecular weight excluding hydrogens is 220 g/mol. The fourth-order valence-electron chi connectivity index (χ4n) is 2.33. The van der Waals surface area contributed by atoms with E-state index in [1.54, 1.807) is 0 Å². The van der Waals surface area contributed by atoms with E-state index in [-0.39, 0.29) is 0 Å². The molecule has 102 valence electrons. The van der Waals surface area contributed by atoms with Crippen LogP contribution in [0.25, 0.3) is 0 Å². The lowest BCUT2D eigenvalue weighted by Crippen LogP contribution is -2.29. The highest BCUT2D eigenvalue weighted by atomic mass is 15.1. The molecule has 0 amide bonds. The maximum absolute atomic E-state index is 5.74. The van der Waals surface area contributed by atoms with Crippen LogP contribution in [0.4, 0.5) is 11.4 Å². The molecule has 0 aliphatic carbocycles. The van der Waals surface area contributed by atoms with Gasteiger partial charge in [-0.1, -0.05) is 33.1 Å². The van der Waals surface area contributed by atoms with E-state index in [0.717, 1.165) is 24.7 Å². The Bertz CT molecular complexity index is 318. The van der Waals surface area contributed by atoms with Crippen molar-refractivity contribution in [3.05, 3.63) is 24.3 Å². The lowest BCUT2D eigenvalue weighted by Gasteiger charge is -2.28. The molecule has 1 unspecified atom stereocenters. The number of unbranched alkanes of at least 4 members (excludes halogenated alkanes) is 1. The lowest BCUT2D eigenvalue weighted by atomic mass is 9.98. The van der Waals surface area contributed by atoms with Gasteiger partial charge in [-0.2, -0.15) is 0 Å². The molecule has 18 heavy (non-hydrogen) atoms. The summed E-state index contributed by atoms with van der Waals surface area (Å²) in [6.07, 6.45) is 5.26. The molecule has 0 saturated heterocycles. The van der Waals surface area contributed by atoms with Crippen molar-refractivity contribution in [3.8, 4) is 0 Å². The normalized spacial score (nSPS) is 12.4. The molecule has 2 N–H and O–H groups in total. The van der Waals surface area contributed by atoms with Gasteiger partial charge < -0.3 is 10.6 Å². The second-order valence-corrected chi connectivity index (χ2v) is 5.05. The number of nitrogen functional groups attached to an aromatic ring is 1. The first-order chi connectivity index (χ1) is 8.71. The van der Waals surface area contributed by atoms with Gasteiger partial charge >= 0.3 is 0 Å². The smallest absolute Gasteiger partial charge is 0.0367 e. The van der Waals surface area contributed by atoms with Gasteiger partial charge in [-0.15, -0.1) is 0 Å². The number of benzene rings is 1. The predicted molar refractivity (Wildman–Crippen MR) is 82.0 cm³/mol. The maximum Gasteiger partial charge on any atom is 0.0367 e. The molecule has 1 rings (SSSR count). The summed E-state index contributed by atoms with van der Waals surface area (Å²) < 4.78 is 0. The zero-order valence-electron chi connectivity index (χ0n) is 12.2. The van der Waals surface area contributed by atoms with Gasteiger partial charge in [0, 0.05) is 24.5 Å². The molecule has 0 aliphatic rings. The summed E-state index contributed by atoms with van der Waals surface area (Å²) in [7, 11) is 0. The van der Waals surface area contributed by atoms with Crippen molar-refractivity contribution in [2.45, 2.75) is 46.5 Å². The van der Waals surface area contributed by atoms with E-state index in [9.17, 15) is 0 Å². The van der Waals surface area contributed by atoms with Gasteiger partial charge in [0.1, 0.15) is 0 Å². The molecule has 1 aromatic rings. The third-order valence-corrected chi connectivity index (χ3v) is 3.66. The summed E-state index contributed by atoms with van der Waals surface area (Å²) in [5.41, 5.74) is 7.88. The summed E-state index contributed by atoms with van der Waals surface area (Å²) >= 11 is 0. The number of anilines is 2. The molecule has 0 saturated carbocycles. The quantitative estimate of drug-likeness (QED) is 0.695. The Labute approximate surface area is 112 Å². The predicted octanol–water partition coefficient (Wildman–Crippen LogP) is 4.31. The molecule has 0 bridgehead atoms. The van der Waals surface area contributed by atoms with E-state index < -0.39 is 0 Å². The van der Waals surface area contributed by atoms with E-state index in [0.29, 0.717) is 0 Å². The molecule has 0 aromatic heterocycles. The molecule has 0 heterocycles. The number of rotatable bonds is 8. The van der Waals surface area contributed by atoms with Crippen molar-refractivity contribution < 1.29 is 0 Å². The van der Waals surface area contributed by atoms with Crippen LogP contribution in [0.15, 0.2) is 24.3 Å². The van der Waals surface area contributed by atoms with Crippen molar-refractivity contribution in [1.82, 2.24) is 0 Å². The molecule has 0 spiro atoms. The lowest BCUT2D eigenvalue weighted by molar-refractivity contribution is 0.448. The zero-order valence-corrected chi connectivity index (χ0v) is 12.2. The van der Waals surface area contributed by atoms with Crippen molar-refractivity contribution in [2.75, 3.05) is 23.7 Å². The van der Waals surface area contributed by atoms with Crippen LogP contribution in [0.3, 0.4) is 0 Å². The van der Waals surface area contributed by atoms with Crippen LogP contribution in [-0.2, 0) is 0 Å². The highest BCUT2D eigenvalue weighted by Crippen LogP contribution is 2.21. The Morgan fingerprint density at radius 2 is 1.78 bits per heavy atom. The van der Waals surface area contributed by atoms with E-state index in [1.165, 1.54) is 31.4 Å². The topological polar surface area (TPSA) is 29.3 Å². The van der Waals surface area contributed by atoms with E-state index in [4.69, 9.17) is 5.73 Å². The zero-order chi connectivity index (χ0) is 13.4. The van der Waals surface area contributed by atoms with Crippen LogP contribution in [0.1, 0.15) is 46.5 Å². The first-order valence-corrected chi connectivity index (χ1v) is 7.31. The highest BCUT2D eigenvalue weighted by molar-refractivity contribution is 5.53. The van der Waals surface area contributed by atoms with Crippen molar-refractivity contribution in [2.24, 2.45) is 5.92 Å². The van der Waals surface area contributed by atoms with Crippen LogP contribution in [-0.4, -0.2) is 13.1 Å². The number of hydrogen-bond donors (Lipinski definition) is 1. The minimum Gasteiger partial charge on any atom is -0.399 e.